The molecule has 0 heterocycles. The number of benzene rings is 2. The van der Waals surface area contributed by atoms with Gasteiger partial charge in [0.15, 0.2) is 6.54 Å². The van der Waals surface area contributed by atoms with Gasteiger partial charge in [-0.2, -0.15) is 0 Å². The number of halogens is 2. The quantitative estimate of drug-likeness (QED) is 0.742. The van der Waals surface area contributed by atoms with E-state index in [4.69, 9.17) is 0 Å². The molecule has 2 aromatic rings. The summed E-state index contributed by atoms with van der Waals surface area (Å²) in [5.74, 6) is -0.305. The van der Waals surface area contributed by atoms with Crippen LogP contribution in [0.15, 0.2) is 48.5 Å². The molecule has 0 aliphatic heterocycles. The number of hydrogen-bond acceptors (Lipinski definition) is 1. The van der Waals surface area contributed by atoms with Gasteiger partial charge >= 0.3 is 0 Å². The predicted molar refractivity (Wildman–Crippen MR) is 89.6 cm³/mol. The van der Waals surface area contributed by atoms with Crippen LogP contribution in [-0.4, -0.2) is 19.5 Å². The molecule has 0 aliphatic rings. The summed E-state index contributed by atoms with van der Waals surface area (Å²) in [6.07, 6.45) is 0. The van der Waals surface area contributed by atoms with Crippen LogP contribution in [-0.2, 0) is 11.3 Å². The van der Waals surface area contributed by atoms with Gasteiger partial charge in [0.2, 0.25) is 0 Å². The van der Waals surface area contributed by atoms with Crippen molar-refractivity contribution in [2.24, 2.45) is 0 Å². The molecule has 2 rings (SSSR count). The maximum absolute atomic E-state index is 13.6. The molecule has 0 saturated heterocycles. The van der Waals surface area contributed by atoms with E-state index in [0.717, 1.165) is 14.2 Å². The Morgan fingerprint density at radius 1 is 1.24 bits per heavy atom. The van der Waals surface area contributed by atoms with E-state index in [0.29, 0.717) is 18.7 Å². The average molecular weight is 399 g/mol. The van der Waals surface area contributed by atoms with Crippen LogP contribution in [0.1, 0.15) is 5.56 Å². The Hall–Kier alpha value is -1.47. The summed E-state index contributed by atoms with van der Waals surface area (Å²) >= 11 is 2.20. The van der Waals surface area contributed by atoms with Crippen LogP contribution in [0, 0.1) is 9.39 Å². The largest absolute Gasteiger partial charge is 0.326 e. The molecular formula is C16H17FIN2O+. The van der Waals surface area contributed by atoms with E-state index >= 15 is 0 Å². The Balaban J connectivity index is 1.89. The normalized spacial score (nSPS) is 12.0. The van der Waals surface area contributed by atoms with Crippen molar-refractivity contribution in [3.63, 3.8) is 0 Å². The van der Waals surface area contributed by atoms with Crippen molar-refractivity contribution in [2.45, 2.75) is 6.54 Å². The van der Waals surface area contributed by atoms with Gasteiger partial charge in [0.25, 0.3) is 5.91 Å². The van der Waals surface area contributed by atoms with Gasteiger partial charge in [0.1, 0.15) is 12.4 Å². The molecule has 0 aromatic heterocycles. The summed E-state index contributed by atoms with van der Waals surface area (Å²) in [6, 6.07) is 14.3. The number of hydrogen-bond donors (Lipinski definition) is 2. The summed E-state index contributed by atoms with van der Waals surface area (Å²) in [6.45, 7) is 0.770. The van der Waals surface area contributed by atoms with Gasteiger partial charge in [-0.05, 0) is 46.9 Å². The van der Waals surface area contributed by atoms with E-state index in [9.17, 15) is 9.18 Å². The molecule has 21 heavy (non-hydrogen) atoms. The molecule has 2 aromatic carbocycles. The first-order valence-electron chi connectivity index (χ1n) is 6.65. The predicted octanol–water partition coefficient (Wildman–Crippen LogP) is 2.08. The average Bonchev–Trinajstić information content (AvgIpc) is 2.41. The fourth-order valence-corrected chi connectivity index (χ4v) is 2.62. The molecule has 0 bridgehead atoms. The van der Waals surface area contributed by atoms with Gasteiger partial charge in [-0.15, -0.1) is 0 Å². The first kappa shape index (κ1) is 15.9. The fourth-order valence-electron chi connectivity index (χ4n) is 2.07. The van der Waals surface area contributed by atoms with Crippen molar-refractivity contribution in [1.82, 2.24) is 0 Å². The Kier molecular flexibility index (Phi) is 5.69. The zero-order valence-corrected chi connectivity index (χ0v) is 13.9. The van der Waals surface area contributed by atoms with Crippen LogP contribution >= 0.6 is 22.6 Å². The third-order valence-electron chi connectivity index (χ3n) is 3.02. The topological polar surface area (TPSA) is 33.5 Å². The number of carbonyl (C=O) groups excluding carboxylic acids is 1. The second-order valence-electron chi connectivity index (χ2n) is 4.96. The van der Waals surface area contributed by atoms with Gasteiger partial charge < -0.3 is 10.2 Å². The van der Waals surface area contributed by atoms with E-state index in [1.807, 2.05) is 31.3 Å². The first-order valence-corrected chi connectivity index (χ1v) is 7.72. The number of nitrogens with one attached hydrogen (secondary N) is 2. The summed E-state index contributed by atoms with van der Waals surface area (Å²) in [7, 11) is 1.88. The molecule has 0 saturated carbocycles. The number of amides is 1. The van der Waals surface area contributed by atoms with Gasteiger partial charge in [-0.3, -0.25) is 4.79 Å². The minimum Gasteiger partial charge on any atom is -0.326 e. The van der Waals surface area contributed by atoms with Crippen molar-refractivity contribution in [3.05, 3.63) is 63.5 Å². The molecule has 110 valence electrons. The SMILES string of the molecule is C[NH+](CC(=O)Nc1cccc(I)c1)Cc1ccccc1F. The van der Waals surface area contributed by atoms with Crippen LogP contribution in [0.2, 0.25) is 0 Å². The molecular weight excluding hydrogens is 382 g/mol. The van der Waals surface area contributed by atoms with E-state index in [-0.39, 0.29) is 11.7 Å². The number of rotatable bonds is 5. The van der Waals surface area contributed by atoms with Crippen molar-refractivity contribution in [1.29, 1.82) is 0 Å². The van der Waals surface area contributed by atoms with E-state index in [2.05, 4.69) is 27.9 Å². The van der Waals surface area contributed by atoms with Crippen LogP contribution in [0.4, 0.5) is 10.1 Å². The monoisotopic (exact) mass is 399 g/mol. The van der Waals surface area contributed by atoms with Crippen molar-refractivity contribution in [2.75, 3.05) is 18.9 Å². The van der Waals surface area contributed by atoms with Gasteiger partial charge in [0, 0.05) is 14.8 Å². The van der Waals surface area contributed by atoms with Crippen LogP contribution in [0.3, 0.4) is 0 Å². The number of quaternary nitrogens is 1. The highest BCUT2D eigenvalue weighted by Crippen LogP contribution is 2.11. The number of likely N-dealkylation sites (N-methyl/N-ethyl adjacent to an activating group) is 1. The number of carbonyl (C=O) groups is 1. The zero-order valence-electron chi connectivity index (χ0n) is 11.7. The molecule has 1 amide bonds. The van der Waals surface area contributed by atoms with Crippen molar-refractivity contribution < 1.29 is 14.1 Å². The maximum Gasteiger partial charge on any atom is 0.279 e. The highest BCUT2D eigenvalue weighted by Gasteiger charge is 2.12. The molecule has 0 spiro atoms. The Labute approximate surface area is 137 Å². The van der Waals surface area contributed by atoms with Gasteiger partial charge in [-0.25, -0.2) is 4.39 Å². The van der Waals surface area contributed by atoms with Gasteiger partial charge in [0.05, 0.1) is 7.05 Å². The maximum atomic E-state index is 13.6. The fraction of sp³-hybridized carbons (Fsp3) is 0.188. The molecule has 0 aliphatic carbocycles. The van der Waals surface area contributed by atoms with Crippen molar-refractivity contribution in [3.8, 4) is 0 Å². The lowest BCUT2D eigenvalue weighted by Gasteiger charge is -2.14. The molecule has 0 fully saturated rings. The molecule has 5 heteroatoms. The highest BCUT2D eigenvalue weighted by atomic mass is 127. The minimum atomic E-state index is -0.227. The smallest absolute Gasteiger partial charge is 0.279 e. The van der Waals surface area contributed by atoms with E-state index in [1.165, 1.54) is 6.07 Å². The molecule has 0 radical (unpaired) electrons. The summed E-state index contributed by atoms with van der Waals surface area (Å²) in [5, 5.41) is 2.86. The van der Waals surface area contributed by atoms with Gasteiger partial charge in [-0.1, -0.05) is 24.3 Å². The van der Waals surface area contributed by atoms with Crippen LogP contribution in [0.25, 0.3) is 0 Å². The lowest BCUT2D eigenvalue weighted by atomic mass is 10.2. The standard InChI is InChI=1S/C16H16FIN2O/c1-20(10-12-5-2-3-8-15(12)17)11-16(21)19-14-7-4-6-13(18)9-14/h2-9H,10-11H2,1H3,(H,19,21)/p+1. The highest BCUT2D eigenvalue weighted by molar-refractivity contribution is 14.1. The minimum absolute atomic E-state index is 0.0779. The lowest BCUT2D eigenvalue weighted by Crippen LogP contribution is -3.08. The molecule has 2 N–H and O–H groups in total. The van der Waals surface area contributed by atoms with E-state index in [1.54, 1.807) is 18.2 Å². The molecule has 1 atom stereocenters. The van der Waals surface area contributed by atoms with Crippen LogP contribution in [0.5, 0.6) is 0 Å². The molecule has 3 nitrogen and oxygen atoms in total. The third-order valence-corrected chi connectivity index (χ3v) is 3.69. The Morgan fingerprint density at radius 3 is 2.71 bits per heavy atom. The van der Waals surface area contributed by atoms with E-state index < -0.39 is 0 Å². The van der Waals surface area contributed by atoms with Crippen molar-refractivity contribution >= 4 is 34.2 Å². The number of anilines is 1. The Morgan fingerprint density at radius 2 is 2.00 bits per heavy atom. The second kappa shape index (κ2) is 7.51. The first-order chi connectivity index (χ1) is 10.0. The summed E-state index contributed by atoms with van der Waals surface area (Å²) in [5.41, 5.74) is 1.41. The lowest BCUT2D eigenvalue weighted by molar-refractivity contribution is -0.885. The Bertz CT molecular complexity index is 633. The third kappa shape index (κ3) is 5.09. The molecule has 1 unspecified atom stereocenters. The summed E-state index contributed by atoms with van der Waals surface area (Å²) in [4.78, 5) is 12.9. The zero-order chi connectivity index (χ0) is 15.2. The van der Waals surface area contributed by atoms with Crippen LogP contribution < -0.4 is 10.2 Å². The second-order valence-corrected chi connectivity index (χ2v) is 6.21. The summed E-state index contributed by atoms with van der Waals surface area (Å²) < 4.78 is 14.6.